The van der Waals surface area contributed by atoms with Crippen molar-refractivity contribution in [3.8, 4) is 0 Å². The van der Waals surface area contributed by atoms with Crippen LogP contribution in [0.5, 0.6) is 0 Å². The normalized spacial score (nSPS) is 19.5. The van der Waals surface area contributed by atoms with Gasteiger partial charge in [0.2, 0.25) is 5.91 Å². The summed E-state index contributed by atoms with van der Waals surface area (Å²) in [6, 6.07) is 9.80. The fraction of sp³-hybridized carbons (Fsp3) is 0.462. The zero-order valence-corrected chi connectivity index (χ0v) is 21.7. The van der Waals surface area contributed by atoms with Gasteiger partial charge in [0, 0.05) is 12.2 Å². The maximum atomic E-state index is 13.8. The van der Waals surface area contributed by atoms with Crippen LogP contribution >= 0.6 is 12.2 Å². The van der Waals surface area contributed by atoms with Gasteiger partial charge < -0.3 is 15.5 Å². The number of carbonyl (C=O) groups is 1. The number of halogens is 6. The molecule has 3 rings (SSSR count). The fourth-order valence-corrected chi connectivity index (χ4v) is 4.78. The number of likely N-dealkylation sites (tertiary alicyclic amines) is 1. The molecule has 1 saturated heterocycles. The van der Waals surface area contributed by atoms with Crippen LogP contribution in [-0.4, -0.2) is 28.5 Å². The Balaban J connectivity index is 1.87. The van der Waals surface area contributed by atoms with E-state index in [-0.39, 0.29) is 17.1 Å². The number of nitrogens with zero attached hydrogens (tertiary/aromatic N) is 1. The molecular formula is C26H29F6N3OS. The van der Waals surface area contributed by atoms with Gasteiger partial charge in [-0.05, 0) is 61.2 Å². The van der Waals surface area contributed by atoms with E-state index in [0.717, 1.165) is 18.4 Å². The maximum Gasteiger partial charge on any atom is 0.416 e. The SMILES string of the molecule is CC(C)(C)[C@H](NC(=S)Nc1cc(C(F)(F)F)cc(C(F)(F)F)c1)C(=O)N1CCC[C@]1(C)c1ccccc1. The number of nitrogens with one attached hydrogen (secondary N) is 2. The van der Waals surface area contributed by atoms with E-state index in [1.54, 1.807) is 25.7 Å². The van der Waals surface area contributed by atoms with E-state index in [1.165, 1.54) is 0 Å². The molecular weight excluding hydrogens is 516 g/mol. The molecule has 2 atom stereocenters. The van der Waals surface area contributed by atoms with E-state index in [0.29, 0.717) is 18.7 Å². The van der Waals surface area contributed by atoms with Crippen molar-refractivity contribution in [2.24, 2.45) is 5.41 Å². The predicted octanol–water partition coefficient (Wildman–Crippen LogP) is 6.96. The molecule has 0 radical (unpaired) electrons. The summed E-state index contributed by atoms with van der Waals surface area (Å²) >= 11 is 5.24. The first kappa shape index (κ1) is 28.7. The highest BCUT2D eigenvalue weighted by molar-refractivity contribution is 7.80. The quantitative estimate of drug-likeness (QED) is 0.322. The Bertz CT molecular complexity index is 1110. The molecule has 0 spiro atoms. The van der Waals surface area contributed by atoms with Crippen LogP contribution in [0.15, 0.2) is 48.5 Å². The van der Waals surface area contributed by atoms with Crippen LogP contribution in [0, 0.1) is 5.41 Å². The summed E-state index contributed by atoms with van der Waals surface area (Å²) in [5.41, 5.74) is -3.71. The zero-order valence-electron chi connectivity index (χ0n) is 20.8. The van der Waals surface area contributed by atoms with Crippen LogP contribution in [0.1, 0.15) is 57.2 Å². The highest BCUT2D eigenvalue weighted by Gasteiger charge is 2.45. The Hall–Kier alpha value is -2.82. The molecule has 1 aliphatic heterocycles. The average Bonchev–Trinajstić information content (AvgIpc) is 3.18. The van der Waals surface area contributed by atoms with Gasteiger partial charge in [0.1, 0.15) is 6.04 Å². The van der Waals surface area contributed by atoms with Crippen LogP contribution in [0.25, 0.3) is 0 Å². The van der Waals surface area contributed by atoms with Crippen molar-refractivity contribution in [3.63, 3.8) is 0 Å². The standard InChI is InChI=1S/C26H29F6N3OS/c1-23(2,3)20(21(36)35-12-8-11-24(35,4)16-9-6-5-7-10-16)34-22(37)33-19-14-17(25(27,28)29)13-18(15-19)26(30,31)32/h5-7,9-10,13-15,20H,8,11-12H2,1-4H3,(H2,33,34,37)/t20-,24-/m1/s1. The van der Waals surface area contributed by atoms with E-state index in [1.807, 2.05) is 37.3 Å². The second kappa shape index (κ2) is 10.2. The number of thiocarbonyl (C=S) groups is 1. The van der Waals surface area contributed by atoms with E-state index < -0.39 is 46.2 Å². The van der Waals surface area contributed by atoms with Gasteiger partial charge in [-0.15, -0.1) is 0 Å². The minimum Gasteiger partial charge on any atom is -0.350 e. The lowest BCUT2D eigenvalue weighted by Gasteiger charge is -2.41. The van der Waals surface area contributed by atoms with Crippen LogP contribution < -0.4 is 10.6 Å². The number of benzene rings is 2. The van der Waals surface area contributed by atoms with E-state index in [9.17, 15) is 31.1 Å². The number of amides is 1. The highest BCUT2D eigenvalue weighted by Crippen LogP contribution is 2.40. The molecule has 1 heterocycles. The fourth-order valence-electron chi connectivity index (χ4n) is 4.54. The minimum atomic E-state index is -4.99. The Morgan fingerprint density at radius 2 is 1.51 bits per heavy atom. The minimum absolute atomic E-state index is 0.0426. The van der Waals surface area contributed by atoms with Gasteiger partial charge in [0.15, 0.2) is 5.11 Å². The molecule has 202 valence electrons. The molecule has 11 heteroatoms. The molecule has 0 aromatic heterocycles. The lowest BCUT2D eigenvalue weighted by atomic mass is 9.83. The van der Waals surface area contributed by atoms with Gasteiger partial charge in [-0.3, -0.25) is 4.79 Å². The summed E-state index contributed by atoms with van der Waals surface area (Å²) < 4.78 is 79.4. The van der Waals surface area contributed by atoms with E-state index >= 15 is 0 Å². The van der Waals surface area contributed by atoms with Crippen molar-refractivity contribution in [2.75, 3.05) is 11.9 Å². The third kappa shape index (κ3) is 6.55. The summed E-state index contributed by atoms with van der Waals surface area (Å²) in [6.45, 7) is 7.87. The molecule has 0 saturated carbocycles. The third-order valence-corrected chi connectivity index (χ3v) is 6.76. The summed E-state index contributed by atoms with van der Waals surface area (Å²) in [7, 11) is 0. The zero-order chi connectivity index (χ0) is 27.8. The molecule has 0 aliphatic carbocycles. The van der Waals surface area contributed by atoms with Crippen molar-refractivity contribution in [2.45, 2.75) is 64.5 Å². The van der Waals surface area contributed by atoms with Gasteiger partial charge in [-0.2, -0.15) is 26.3 Å². The van der Waals surface area contributed by atoms with Crippen molar-refractivity contribution in [1.29, 1.82) is 0 Å². The average molecular weight is 546 g/mol. The molecule has 2 N–H and O–H groups in total. The first-order chi connectivity index (χ1) is 16.9. The lowest BCUT2D eigenvalue weighted by molar-refractivity contribution is -0.143. The summed E-state index contributed by atoms with van der Waals surface area (Å²) in [5.74, 6) is -0.263. The van der Waals surface area contributed by atoms with Crippen LogP contribution in [0.3, 0.4) is 0 Å². The molecule has 0 bridgehead atoms. The monoisotopic (exact) mass is 545 g/mol. The first-order valence-corrected chi connectivity index (χ1v) is 12.1. The van der Waals surface area contributed by atoms with Crippen molar-refractivity contribution >= 4 is 28.9 Å². The smallest absolute Gasteiger partial charge is 0.350 e. The number of hydrogen-bond acceptors (Lipinski definition) is 2. The Morgan fingerprint density at radius 1 is 0.973 bits per heavy atom. The summed E-state index contributed by atoms with van der Waals surface area (Å²) in [4.78, 5) is 15.6. The van der Waals surface area contributed by atoms with Crippen molar-refractivity contribution in [3.05, 3.63) is 65.2 Å². The lowest BCUT2D eigenvalue weighted by Crippen LogP contribution is -2.58. The molecule has 4 nitrogen and oxygen atoms in total. The third-order valence-electron chi connectivity index (χ3n) is 6.54. The first-order valence-electron chi connectivity index (χ1n) is 11.7. The highest BCUT2D eigenvalue weighted by atomic mass is 32.1. The Kier molecular flexibility index (Phi) is 7.89. The summed E-state index contributed by atoms with van der Waals surface area (Å²) in [6.07, 6.45) is -8.46. The number of rotatable bonds is 4. The van der Waals surface area contributed by atoms with Crippen LogP contribution in [0.4, 0.5) is 32.0 Å². The van der Waals surface area contributed by atoms with Gasteiger partial charge >= 0.3 is 12.4 Å². The molecule has 2 aromatic rings. The Morgan fingerprint density at radius 3 is 2.00 bits per heavy atom. The molecule has 37 heavy (non-hydrogen) atoms. The predicted molar refractivity (Wildman–Crippen MR) is 134 cm³/mol. The topological polar surface area (TPSA) is 44.4 Å². The van der Waals surface area contributed by atoms with Gasteiger partial charge in [-0.25, -0.2) is 0 Å². The number of hydrogen-bond donors (Lipinski definition) is 2. The van der Waals surface area contributed by atoms with E-state index in [2.05, 4.69) is 10.6 Å². The molecule has 1 amide bonds. The Labute approximate surface area is 217 Å². The van der Waals surface area contributed by atoms with Crippen LogP contribution in [-0.2, 0) is 22.7 Å². The second-order valence-electron chi connectivity index (χ2n) is 10.4. The van der Waals surface area contributed by atoms with Crippen molar-refractivity contribution < 1.29 is 31.1 Å². The molecule has 2 aromatic carbocycles. The maximum absolute atomic E-state index is 13.8. The van der Waals surface area contributed by atoms with Gasteiger partial charge in [-0.1, -0.05) is 51.1 Å². The van der Waals surface area contributed by atoms with Gasteiger partial charge in [0.05, 0.1) is 16.7 Å². The molecule has 0 unspecified atom stereocenters. The second-order valence-corrected chi connectivity index (χ2v) is 10.8. The van der Waals surface area contributed by atoms with Crippen molar-refractivity contribution in [1.82, 2.24) is 10.2 Å². The molecule has 1 aliphatic rings. The van der Waals surface area contributed by atoms with E-state index in [4.69, 9.17) is 12.2 Å². The number of carbonyl (C=O) groups excluding carboxylic acids is 1. The molecule has 1 fully saturated rings. The largest absolute Gasteiger partial charge is 0.416 e. The summed E-state index contributed by atoms with van der Waals surface area (Å²) in [5, 5.41) is 5.01. The van der Waals surface area contributed by atoms with Gasteiger partial charge in [0.25, 0.3) is 0 Å². The number of anilines is 1. The number of alkyl halides is 6. The van der Waals surface area contributed by atoms with Crippen LogP contribution in [0.2, 0.25) is 0 Å².